The van der Waals surface area contributed by atoms with E-state index in [-0.39, 0.29) is 5.91 Å². The number of allylic oxidation sites excluding steroid dienone is 1. The molecule has 1 amide bonds. The number of piperidine rings is 1. The Kier molecular flexibility index (Phi) is 4.21. The number of carbonyl (C=O) groups is 1. The fourth-order valence-electron chi connectivity index (χ4n) is 3.43. The summed E-state index contributed by atoms with van der Waals surface area (Å²) in [6.07, 6.45) is 10.9. The van der Waals surface area contributed by atoms with E-state index in [4.69, 9.17) is 0 Å². The van der Waals surface area contributed by atoms with Crippen molar-refractivity contribution in [2.75, 3.05) is 13.1 Å². The van der Waals surface area contributed by atoms with Crippen LogP contribution in [-0.4, -0.2) is 25.0 Å². The molecule has 3 nitrogen and oxygen atoms in total. The van der Waals surface area contributed by atoms with Crippen molar-refractivity contribution in [2.24, 2.45) is 5.41 Å². The van der Waals surface area contributed by atoms with Crippen LogP contribution in [0.15, 0.2) is 12.2 Å². The van der Waals surface area contributed by atoms with Gasteiger partial charge in [0.1, 0.15) is 0 Å². The molecule has 1 spiro atoms. The average Bonchev–Trinajstić information content (AvgIpc) is 2.34. The largest absolute Gasteiger partial charge is 0.349 e. The molecule has 17 heavy (non-hydrogen) atoms. The van der Waals surface area contributed by atoms with Gasteiger partial charge in [-0.15, -0.1) is 0 Å². The van der Waals surface area contributed by atoms with E-state index in [1.54, 1.807) is 6.08 Å². The van der Waals surface area contributed by atoms with Crippen LogP contribution in [0.4, 0.5) is 0 Å². The molecule has 3 heteroatoms. The number of nitrogens with one attached hydrogen (secondary N) is 2. The molecule has 0 aromatic heterocycles. The lowest BCUT2D eigenvalue weighted by molar-refractivity contribution is -0.118. The van der Waals surface area contributed by atoms with E-state index in [1.807, 2.05) is 13.0 Å². The van der Waals surface area contributed by atoms with E-state index in [1.165, 1.54) is 32.1 Å². The highest BCUT2D eigenvalue weighted by atomic mass is 16.1. The van der Waals surface area contributed by atoms with Gasteiger partial charge in [-0.25, -0.2) is 0 Å². The standard InChI is InChI=1S/C14H24N2O/c1-2-5-13(17)16-12-6-3-4-7-14(12)8-10-15-11-9-14/h2,5,12,15H,3-4,6-11H2,1H3,(H,16,17)/b5-2+. The van der Waals surface area contributed by atoms with Gasteiger partial charge < -0.3 is 10.6 Å². The zero-order chi connectivity index (χ0) is 12.1. The Morgan fingerprint density at radius 3 is 2.76 bits per heavy atom. The molecule has 2 N–H and O–H groups in total. The highest BCUT2D eigenvalue weighted by Gasteiger charge is 2.41. The Morgan fingerprint density at radius 2 is 2.06 bits per heavy atom. The van der Waals surface area contributed by atoms with Gasteiger partial charge in [-0.1, -0.05) is 18.9 Å². The van der Waals surface area contributed by atoms with Crippen molar-refractivity contribution in [3.63, 3.8) is 0 Å². The summed E-state index contributed by atoms with van der Waals surface area (Å²) in [4.78, 5) is 11.7. The number of rotatable bonds is 2. The van der Waals surface area contributed by atoms with Crippen LogP contribution < -0.4 is 10.6 Å². The Morgan fingerprint density at radius 1 is 1.29 bits per heavy atom. The molecule has 2 rings (SSSR count). The Hall–Kier alpha value is -0.830. The Balaban J connectivity index is 2.03. The molecule has 1 heterocycles. The lowest BCUT2D eigenvalue weighted by atomic mass is 9.65. The van der Waals surface area contributed by atoms with Crippen molar-refractivity contribution in [2.45, 2.75) is 51.5 Å². The zero-order valence-corrected chi connectivity index (χ0v) is 10.8. The lowest BCUT2D eigenvalue weighted by Crippen LogP contribution is -2.53. The van der Waals surface area contributed by atoms with Crippen molar-refractivity contribution in [1.82, 2.24) is 10.6 Å². The molecule has 0 aromatic carbocycles. The van der Waals surface area contributed by atoms with Gasteiger partial charge in [-0.2, -0.15) is 0 Å². The summed E-state index contributed by atoms with van der Waals surface area (Å²) in [5, 5.41) is 6.66. The van der Waals surface area contributed by atoms with E-state index in [0.29, 0.717) is 11.5 Å². The normalized spacial score (nSPS) is 28.4. The van der Waals surface area contributed by atoms with Crippen molar-refractivity contribution in [3.05, 3.63) is 12.2 Å². The molecule has 1 saturated heterocycles. The second kappa shape index (κ2) is 5.67. The van der Waals surface area contributed by atoms with Crippen LogP contribution in [0, 0.1) is 5.41 Å². The van der Waals surface area contributed by atoms with Crippen molar-refractivity contribution in [3.8, 4) is 0 Å². The third-order valence-corrected chi connectivity index (χ3v) is 4.39. The minimum atomic E-state index is 0.0808. The molecule has 2 aliphatic rings. The monoisotopic (exact) mass is 236 g/mol. The van der Waals surface area contributed by atoms with Crippen LogP contribution in [0.2, 0.25) is 0 Å². The zero-order valence-electron chi connectivity index (χ0n) is 10.8. The quantitative estimate of drug-likeness (QED) is 0.720. The Labute approximate surface area is 104 Å². The molecule has 1 saturated carbocycles. The minimum Gasteiger partial charge on any atom is -0.349 e. The van der Waals surface area contributed by atoms with Crippen LogP contribution in [0.3, 0.4) is 0 Å². The maximum atomic E-state index is 11.7. The number of hydrogen-bond donors (Lipinski definition) is 2. The Bertz CT molecular complexity index is 284. The molecule has 0 bridgehead atoms. The summed E-state index contributed by atoms with van der Waals surface area (Å²) in [6.45, 7) is 4.10. The van der Waals surface area contributed by atoms with Gasteiger partial charge in [0.15, 0.2) is 0 Å². The maximum absolute atomic E-state index is 11.7. The second-order valence-electron chi connectivity index (χ2n) is 5.42. The summed E-state index contributed by atoms with van der Waals surface area (Å²) < 4.78 is 0. The summed E-state index contributed by atoms with van der Waals surface area (Å²) in [6, 6.07) is 0.391. The third-order valence-electron chi connectivity index (χ3n) is 4.39. The van der Waals surface area contributed by atoms with Gasteiger partial charge in [0.05, 0.1) is 0 Å². The molecule has 96 valence electrons. The molecule has 1 aliphatic carbocycles. The van der Waals surface area contributed by atoms with Gasteiger partial charge in [0.25, 0.3) is 0 Å². The first-order chi connectivity index (χ1) is 8.27. The predicted molar refractivity (Wildman–Crippen MR) is 69.7 cm³/mol. The number of carbonyl (C=O) groups excluding carboxylic acids is 1. The van der Waals surface area contributed by atoms with Gasteiger partial charge >= 0.3 is 0 Å². The molecule has 1 aliphatic heterocycles. The topological polar surface area (TPSA) is 41.1 Å². The SMILES string of the molecule is C/C=C/C(=O)NC1CCCCC12CCNCC2. The molecule has 1 atom stereocenters. The van der Waals surface area contributed by atoms with Crippen LogP contribution in [0.5, 0.6) is 0 Å². The van der Waals surface area contributed by atoms with Crippen LogP contribution in [0.1, 0.15) is 45.4 Å². The second-order valence-corrected chi connectivity index (χ2v) is 5.42. The van der Waals surface area contributed by atoms with E-state index in [0.717, 1.165) is 19.5 Å². The number of amides is 1. The highest BCUT2D eigenvalue weighted by molar-refractivity contribution is 5.87. The fraction of sp³-hybridized carbons (Fsp3) is 0.786. The van der Waals surface area contributed by atoms with Crippen molar-refractivity contribution >= 4 is 5.91 Å². The molecule has 0 radical (unpaired) electrons. The van der Waals surface area contributed by atoms with Crippen LogP contribution in [0.25, 0.3) is 0 Å². The molecule has 0 aromatic rings. The van der Waals surface area contributed by atoms with E-state index < -0.39 is 0 Å². The first-order valence-electron chi connectivity index (χ1n) is 6.91. The van der Waals surface area contributed by atoms with Crippen LogP contribution >= 0.6 is 0 Å². The van der Waals surface area contributed by atoms with Crippen molar-refractivity contribution < 1.29 is 4.79 Å². The van der Waals surface area contributed by atoms with Gasteiger partial charge in [-0.05, 0) is 57.2 Å². The molecule has 2 fully saturated rings. The van der Waals surface area contributed by atoms with Gasteiger partial charge in [0, 0.05) is 6.04 Å². The first-order valence-corrected chi connectivity index (χ1v) is 6.91. The van der Waals surface area contributed by atoms with Gasteiger partial charge in [0.2, 0.25) is 5.91 Å². The van der Waals surface area contributed by atoms with Gasteiger partial charge in [-0.3, -0.25) is 4.79 Å². The van der Waals surface area contributed by atoms with E-state index in [2.05, 4.69) is 10.6 Å². The summed E-state index contributed by atoms with van der Waals surface area (Å²) >= 11 is 0. The molecular weight excluding hydrogens is 212 g/mol. The predicted octanol–water partition coefficient (Wildman–Crippen LogP) is 1.99. The lowest BCUT2D eigenvalue weighted by Gasteiger charge is -2.47. The third kappa shape index (κ3) is 2.89. The van der Waals surface area contributed by atoms with E-state index in [9.17, 15) is 4.79 Å². The summed E-state index contributed by atoms with van der Waals surface area (Å²) in [7, 11) is 0. The minimum absolute atomic E-state index is 0.0808. The van der Waals surface area contributed by atoms with Crippen LogP contribution in [-0.2, 0) is 4.79 Å². The highest BCUT2D eigenvalue weighted by Crippen LogP contribution is 2.43. The molecular formula is C14H24N2O. The average molecular weight is 236 g/mol. The maximum Gasteiger partial charge on any atom is 0.243 e. The summed E-state index contributed by atoms with van der Waals surface area (Å²) in [5.74, 6) is 0.0808. The first kappa shape index (κ1) is 12.6. The fourth-order valence-corrected chi connectivity index (χ4v) is 3.43. The smallest absolute Gasteiger partial charge is 0.243 e. The van der Waals surface area contributed by atoms with Crippen molar-refractivity contribution in [1.29, 1.82) is 0 Å². The van der Waals surface area contributed by atoms with E-state index >= 15 is 0 Å². The molecule has 1 unspecified atom stereocenters. The summed E-state index contributed by atoms with van der Waals surface area (Å²) in [5.41, 5.74) is 0.376. The number of hydrogen-bond acceptors (Lipinski definition) is 2.